The second kappa shape index (κ2) is 5.65. The van der Waals surface area contributed by atoms with Gasteiger partial charge in [-0.3, -0.25) is 4.79 Å². The van der Waals surface area contributed by atoms with E-state index in [-0.39, 0.29) is 11.9 Å². The standard InChI is InChI=1S/C18H19NO4/c1-12-14(6-8-21-12)18(20)19-7-2-3-15(19)13-4-5-16-17(11-13)23-10-9-22-16/h4-6,8,11,15H,2-3,7,9-10H2,1H3. The zero-order chi connectivity index (χ0) is 15.8. The number of nitrogens with zero attached hydrogens (tertiary/aromatic N) is 1. The maximum absolute atomic E-state index is 12.8. The maximum atomic E-state index is 12.8. The Kier molecular flexibility index (Phi) is 3.48. The van der Waals surface area contributed by atoms with Gasteiger partial charge in [-0.05, 0) is 43.5 Å². The molecule has 23 heavy (non-hydrogen) atoms. The quantitative estimate of drug-likeness (QED) is 0.853. The number of amides is 1. The average molecular weight is 313 g/mol. The molecule has 0 spiro atoms. The fourth-order valence-electron chi connectivity index (χ4n) is 3.39. The van der Waals surface area contributed by atoms with Crippen molar-refractivity contribution < 1.29 is 18.7 Å². The largest absolute Gasteiger partial charge is 0.486 e. The molecule has 1 unspecified atom stereocenters. The number of rotatable bonds is 2. The Balaban J connectivity index is 1.63. The van der Waals surface area contributed by atoms with Crippen LogP contribution in [-0.4, -0.2) is 30.6 Å². The first-order valence-electron chi connectivity index (χ1n) is 7.98. The van der Waals surface area contributed by atoms with E-state index in [9.17, 15) is 4.79 Å². The van der Waals surface area contributed by atoms with Gasteiger partial charge in [0.1, 0.15) is 19.0 Å². The number of likely N-dealkylation sites (tertiary alicyclic amines) is 1. The molecule has 1 saturated heterocycles. The Morgan fingerprint density at radius 1 is 1.17 bits per heavy atom. The molecule has 1 fully saturated rings. The highest BCUT2D eigenvalue weighted by Gasteiger charge is 2.32. The fraction of sp³-hybridized carbons (Fsp3) is 0.389. The van der Waals surface area contributed by atoms with Crippen LogP contribution in [0.4, 0.5) is 0 Å². The number of fused-ring (bicyclic) bond motifs is 1. The van der Waals surface area contributed by atoms with Gasteiger partial charge in [-0.1, -0.05) is 6.07 Å². The molecule has 2 aromatic rings. The Morgan fingerprint density at radius 3 is 2.78 bits per heavy atom. The normalized spacial score (nSPS) is 19.9. The van der Waals surface area contributed by atoms with Crippen molar-refractivity contribution in [2.24, 2.45) is 0 Å². The molecular formula is C18H19NO4. The van der Waals surface area contributed by atoms with Gasteiger partial charge >= 0.3 is 0 Å². The summed E-state index contributed by atoms with van der Waals surface area (Å²) >= 11 is 0. The highest BCUT2D eigenvalue weighted by Crippen LogP contribution is 2.38. The van der Waals surface area contributed by atoms with Crippen LogP contribution in [0.3, 0.4) is 0 Å². The smallest absolute Gasteiger partial charge is 0.257 e. The first-order chi connectivity index (χ1) is 11.2. The molecule has 1 aromatic heterocycles. The van der Waals surface area contributed by atoms with Gasteiger partial charge in [0.25, 0.3) is 5.91 Å². The number of carbonyl (C=O) groups excluding carboxylic acids is 1. The van der Waals surface area contributed by atoms with Crippen molar-refractivity contribution in [1.29, 1.82) is 0 Å². The Morgan fingerprint density at radius 2 is 2.00 bits per heavy atom. The van der Waals surface area contributed by atoms with Gasteiger partial charge < -0.3 is 18.8 Å². The summed E-state index contributed by atoms with van der Waals surface area (Å²) in [5, 5.41) is 0. The molecule has 120 valence electrons. The topological polar surface area (TPSA) is 51.9 Å². The summed E-state index contributed by atoms with van der Waals surface area (Å²) in [6, 6.07) is 7.80. The van der Waals surface area contributed by atoms with Crippen molar-refractivity contribution in [3.8, 4) is 11.5 Å². The first-order valence-corrected chi connectivity index (χ1v) is 7.98. The van der Waals surface area contributed by atoms with Crippen molar-refractivity contribution in [2.75, 3.05) is 19.8 Å². The lowest BCUT2D eigenvalue weighted by molar-refractivity contribution is 0.0733. The molecule has 5 heteroatoms. The van der Waals surface area contributed by atoms with Gasteiger partial charge in [0, 0.05) is 6.54 Å². The third-order valence-electron chi connectivity index (χ3n) is 4.55. The van der Waals surface area contributed by atoms with E-state index in [1.54, 1.807) is 12.3 Å². The Labute approximate surface area is 134 Å². The molecule has 2 aliphatic heterocycles. The monoisotopic (exact) mass is 313 g/mol. The van der Waals surface area contributed by atoms with E-state index < -0.39 is 0 Å². The lowest BCUT2D eigenvalue weighted by atomic mass is 10.0. The van der Waals surface area contributed by atoms with Gasteiger partial charge in [-0.25, -0.2) is 0 Å². The number of ether oxygens (including phenoxy) is 2. The Bertz CT molecular complexity index is 736. The zero-order valence-electron chi connectivity index (χ0n) is 13.1. The van der Waals surface area contributed by atoms with Crippen molar-refractivity contribution in [2.45, 2.75) is 25.8 Å². The Hall–Kier alpha value is -2.43. The molecule has 0 radical (unpaired) electrons. The minimum absolute atomic E-state index is 0.0358. The van der Waals surface area contributed by atoms with Gasteiger partial charge in [0.15, 0.2) is 11.5 Å². The van der Waals surface area contributed by atoms with Crippen molar-refractivity contribution in [3.63, 3.8) is 0 Å². The van der Waals surface area contributed by atoms with E-state index in [1.807, 2.05) is 30.0 Å². The van der Waals surface area contributed by atoms with Crippen molar-refractivity contribution in [3.05, 3.63) is 47.4 Å². The van der Waals surface area contributed by atoms with E-state index in [2.05, 4.69) is 0 Å². The van der Waals surface area contributed by atoms with Crippen LogP contribution in [0, 0.1) is 6.92 Å². The third-order valence-corrected chi connectivity index (χ3v) is 4.55. The summed E-state index contributed by atoms with van der Waals surface area (Å²) in [6.45, 7) is 3.74. The van der Waals surface area contributed by atoms with Crippen LogP contribution >= 0.6 is 0 Å². The minimum atomic E-state index is 0.0358. The molecule has 2 aliphatic rings. The lowest BCUT2D eigenvalue weighted by Gasteiger charge is -2.26. The van der Waals surface area contributed by atoms with E-state index in [4.69, 9.17) is 13.9 Å². The molecule has 1 amide bonds. The van der Waals surface area contributed by atoms with Gasteiger partial charge in [-0.2, -0.15) is 0 Å². The zero-order valence-corrected chi connectivity index (χ0v) is 13.1. The van der Waals surface area contributed by atoms with Crippen molar-refractivity contribution >= 4 is 5.91 Å². The highest BCUT2D eigenvalue weighted by atomic mass is 16.6. The van der Waals surface area contributed by atoms with Crippen LogP contribution in [-0.2, 0) is 0 Å². The van der Waals surface area contributed by atoms with E-state index >= 15 is 0 Å². The molecule has 4 rings (SSSR count). The highest BCUT2D eigenvalue weighted by molar-refractivity contribution is 5.95. The third kappa shape index (κ3) is 2.46. The second-order valence-corrected chi connectivity index (χ2v) is 5.95. The minimum Gasteiger partial charge on any atom is -0.486 e. The van der Waals surface area contributed by atoms with E-state index in [1.165, 1.54) is 0 Å². The second-order valence-electron chi connectivity index (χ2n) is 5.95. The number of benzene rings is 1. The van der Waals surface area contributed by atoms with Gasteiger partial charge in [0.2, 0.25) is 0 Å². The molecule has 0 aliphatic carbocycles. The van der Waals surface area contributed by atoms with Gasteiger partial charge in [0.05, 0.1) is 17.9 Å². The van der Waals surface area contributed by atoms with Crippen LogP contribution < -0.4 is 9.47 Å². The predicted octanol–water partition coefficient (Wildman–Crippen LogP) is 3.34. The molecule has 0 saturated carbocycles. The number of hydrogen-bond acceptors (Lipinski definition) is 4. The van der Waals surface area contributed by atoms with Crippen LogP contribution in [0.1, 0.15) is 40.6 Å². The molecule has 0 bridgehead atoms. The number of carbonyl (C=O) groups is 1. The summed E-state index contributed by atoms with van der Waals surface area (Å²) in [7, 11) is 0. The first kappa shape index (κ1) is 14.2. The summed E-state index contributed by atoms with van der Waals surface area (Å²) in [5.74, 6) is 2.26. The van der Waals surface area contributed by atoms with Crippen molar-refractivity contribution in [1.82, 2.24) is 4.90 Å². The maximum Gasteiger partial charge on any atom is 0.257 e. The molecule has 0 N–H and O–H groups in total. The molecule has 1 atom stereocenters. The summed E-state index contributed by atoms with van der Waals surface area (Å²) in [6.07, 6.45) is 3.53. The molecule has 5 nitrogen and oxygen atoms in total. The number of furan rings is 1. The van der Waals surface area contributed by atoms with Crippen LogP contribution in [0.25, 0.3) is 0 Å². The summed E-state index contributed by atoms with van der Waals surface area (Å²) in [4.78, 5) is 14.7. The summed E-state index contributed by atoms with van der Waals surface area (Å²) in [5.41, 5.74) is 1.75. The average Bonchev–Trinajstić information content (AvgIpc) is 3.22. The van der Waals surface area contributed by atoms with E-state index in [0.29, 0.717) is 24.5 Å². The van der Waals surface area contributed by atoms with Crippen LogP contribution in [0.15, 0.2) is 34.9 Å². The molecule has 1 aromatic carbocycles. The number of hydrogen-bond donors (Lipinski definition) is 0. The van der Waals surface area contributed by atoms with Crippen LogP contribution in [0.2, 0.25) is 0 Å². The number of aryl methyl sites for hydroxylation is 1. The fourth-order valence-corrected chi connectivity index (χ4v) is 3.39. The molecule has 3 heterocycles. The van der Waals surface area contributed by atoms with Crippen LogP contribution in [0.5, 0.6) is 11.5 Å². The molecular weight excluding hydrogens is 294 g/mol. The predicted molar refractivity (Wildman–Crippen MR) is 83.9 cm³/mol. The lowest BCUT2D eigenvalue weighted by Crippen LogP contribution is -2.30. The summed E-state index contributed by atoms with van der Waals surface area (Å²) < 4.78 is 16.5. The van der Waals surface area contributed by atoms with Gasteiger partial charge in [-0.15, -0.1) is 0 Å². The van der Waals surface area contributed by atoms with E-state index in [0.717, 1.165) is 36.4 Å². The SMILES string of the molecule is Cc1occc1C(=O)N1CCCC1c1ccc2c(c1)OCCO2.